The number of amides is 1. The fourth-order valence-corrected chi connectivity index (χ4v) is 1.34. The van der Waals surface area contributed by atoms with E-state index < -0.39 is 4.92 Å². The van der Waals surface area contributed by atoms with Crippen molar-refractivity contribution in [3.05, 3.63) is 39.4 Å². The number of rotatable bonds is 3. The summed E-state index contributed by atoms with van der Waals surface area (Å²) >= 11 is 0. The molecule has 0 saturated heterocycles. The van der Waals surface area contributed by atoms with Gasteiger partial charge in [0, 0.05) is 23.7 Å². The van der Waals surface area contributed by atoms with E-state index >= 15 is 0 Å². The molecule has 0 heterocycles. The highest BCUT2D eigenvalue weighted by Crippen LogP contribution is 2.16. The molecule has 1 aromatic rings. The summed E-state index contributed by atoms with van der Waals surface area (Å²) < 4.78 is 0. The van der Waals surface area contributed by atoms with Crippen molar-refractivity contribution in [3.63, 3.8) is 0 Å². The second-order valence-corrected chi connectivity index (χ2v) is 3.94. The van der Waals surface area contributed by atoms with Gasteiger partial charge in [-0.05, 0) is 32.4 Å². The van der Waals surface area contributed by atoms with E-state index in [4.69, 9.17) is 0 Å². The normalized spacial score (nSPS) is 10.2. The Kier molecular flexibility index (Phi) is 3.60. The average Bonchev–Trinajstić information content (AvgIpc) is 2.15. The lowest BCUT2D eigenvalue weighted by Gasteiger charge is -2.08. The first-order chi connectivity index (χ1) is 7.40. The third-order valence-corrected chi connectivity index (χ3v) is 1.95. The van der Waals surface area contributed by atoms with Gasteiger partial charge in [0.1, 0.15) is 0 Å². The van der Waals surface area contributed by atoms with Gasteiger partial charge in [-0.15, -0.1) is 0 Å². The zero-order valence-corrected chi connectivity index (χ0v) is 9.48. The predicted octanol–water partition coefficient (Wildman–Crippen LogP) is 2.04. The maximum absolute atomic E-state index is 11.6. The number of nitro groups is 1. The summed E-state index contributed by atoms with van der Waals surface area (Å²) in [5.74, 6) is -0.290. The van der Waals surface area contributed by atoms with E-state index in [1.807, 2.05) is 13.8 Å². The molecule has 0 aliphatic heterocycles. The Balaban J connectivity index is 3.05. The molecule has 1 rings (SSSR count). The fraction of sp³-hybridized carbons (Fsp3) is 0.364. The summed E-state index contributed by atoms with van der Waals surface area (Å²) in [6.07, 6.45) is 0. The summed E-state index contributed by atoms with van der Waals surface area (Å²) in [5, 5.41) is 13.3. The highest BCUT2D eigenvalue weighted by molar-refractivity contribution is 5.95. The molecular formula is C11H14N2O3. The molecule has 5 nitrogen and oxygen atoms in total. The minimum absolute atomic E-state index is 0.00654. The van der Waals surface area contributed by atoms with Crippen molar-refractivity contribution in [3.8, 4) is 0 Å². The van der Waals surface area contributed by atoms with E-state index in [0.29, 0.717) is 11.1 Å². The molecule has 0 fully saturated rings. The van der Waals surface area contributed by atoms with Crippen molar-refractivity contribution >= 4 is 11.6 Å². The van der Waals surface area contributed by atoms with E-state index in [0.717, 1.165) is 0 Å². The molecular weight excluding hydrogens is 208 g/mol. The van der Waals surface area contributed by atoms with E-state index in [2.05, 4.69) is 5.32 Å². The van der Waals surface area contributed by atoms with Gasteiger partial charge < -0.3 is 5.32 Å². The van der Waals surface area contributed by atoms with E-state index in [1.54, 1.807) is 13.0 Å². The Morgan fingerprint density at radius 3 is 2.50 bits per heavy atom. The largest absolute Gasteiger partial charge is 0.350 e. The summed E-state index contributed by atoms with van der Waals surface area (Å²) in [4.78, 5) is 21.8. The molecule has 0 atom stereocenters. The van der Waals surface area contributed by atoms with Crippen LogP contribution in [0.5, 0.6) is 0 Å². The highest BCUT2D eigenvalue weighted by Gasteiger charge is 2.13. The van der Waals surface area contributed by atoms with Crippen LogP contribution in [0, 0.1) is 17.0 Å². The Hall–Kier alpha value is -1.91. The second kappa shape index (κ2) is 4.74. The van der Waals surface area contributed by atoms with Crippen molar-refractivity contribution in [1.82, 2.24) is 5.32 Å². The van der Waals surface area contributed by atoms with Crippen LogP contribution < -0.4 is 5.32 Å². The summed E-state index contributed by atoms with van der Waals surface area (Å²) in [7, 11) is 0. The number of benzene rings is 1. The van der Waals surface area contributed by atoms with Gasteiger partial charge in [0.15, 0.2) is 0 Å². The van der Waals surface area contributed by atoms with Crippen LogP contribution in [0.25, 0.3) is 0 Å². The van der Waals surface area contributed by atoms with Crippen LogP contribution in [0.2, 0.25) is 0 Å². The number of nitro benzene ring substituents is 1. The van der Waals surface area contributed by atoms with Gasteiger partial charge >= 0.3 is 0 Å². The maximum atomic E-state index is 11.6. The zero-order valence-electron chi connectivity index (χ0n) is 9.48. The molecule has 1 amide bonds. The molecule has 0 bridgehead atoms. The van der Waals surface area contributed by atoms with E-state index in [1.165, 1.54) is 12.1 Å². The lowest BCUT2D eigenvalue weighted by Crippen LogP contribution is -2.30. The standard InChI is InChI=1S/C11H14N2O3/c1-7(2)12-11(14)9-4-8(3)5-10(6-9)13(15)16/h4-7H,1-3H3,(H,12,14). The molecule has 0 radical (unpaired) electrons. The Labute approximate surface area is 93.6 Å². The van der Waals surface area contributed by atoms with Crippen LogP contribution in [0.1, 0.15) is 29.8 Å². The number of nitrogens with zero attached hydrogens (tertiary/aromatic N) is 1. The number of non-ortho nitro benzene ring substituents is 1. The highest BCUT2D eigenvalue weighted by atomic mass is 16.6. The predicted molar refractivity (Wildman–Crippen MR) is 60.4 cm³/mol. The SMILES string of the molecule is Cc1cc(C(=O)NC(C)C)cc([N+](=O)[O-])c1. The van der Waals surface area contributed by atoms with Gasteiger partial charge in [-0.2, -0.15) is 0 Å². The van der Waals surface area contributed by atoms with Crippen LogP contribution in [-0.2, 0) is 0 Å². The van der Waals surface area contributed by atoms with Crippen molar-refractivity contribution in [2.24, 2.45) is 0 Å². The topological polar surface area (TPSA) is 72.2 Å². The molecule has 1 N–H and O–H groups in total. The Morgan fingerprint density at radius 1 is 1.38 bits per heavy atom. The number of nitrogens with one attached hydrogen (secondary N) is 1. The van der Waals surface area contributed by atoms with E-state index in [-0.39, 0.29) is 17.6 Å². The first kappa shape index (κ1) is 12.2. The van der Waals surface area contributed by atoms with Crippen molar-refractivity contribution < 1.29 is 9.72 Å². The molecule has 0 spiro atoms. The fourth-order valence-electron chi connectivity index (χ4n) is 1.34. The molecule has 0 saturated carbocycles. The lowest BCUT2D eigenvalue weighted by molar-refractivity contribution is -0.384. The molecule has 16 heavy (non-hydrogen) atoms. The van der Waals surface area contributed by atoms with Crippen molar-refractivity contribution in [2.45, 2.75) is 26.8 Å². The molecule has 5 heteroatoms. The quantitative estimate of drug-likeness (QED) is 0.628. The van der Waals surface area contributed by atoms with Gasteiger partial charge in [0.25, 0.3) is 11.6 Å². The number of hydrogen-bond acceptors (Lipinski definition) is 3. The summed E-state index contributed by atoms with van der Waals surface area (Å²) in [5.41, 5.74) is 0.956. The van der Waals surface area contributed by atoms with Gasteiger partial charge in [-0.25, -0.2) is 0 Å². The van der Waals surface area contributed by atoms with Crippen LogP contribution in [0.15, 0.2) is 18.2 Å². The van der Waals surface area contributed by atoms with Crippen LogP contribution in [0.4, 0.5) is 5.69 Å². The Bertz CT molecular complexity index is 427. The lowest BCUT2D eigenvalue weighted by atomic mass is 10.1. The number of aryl methyl sites for hydroxylation is 1. The average molecular weight is 222 g/mol. The molecule has 0 unspecified atom stereocenters. The molecule has 1 aromatic carbocycles. The smallest absolute Gasteiger partial charge is 0.270 e. The van der Waals surface area contributed by atoms with Crippen molar-refractivity contribution in [1.29, 1.82) is 0 Å². The third kappa shape index (κ3) is 3.05. The number of carbonyl (C=O) groups excluding carboxylic acids is 1. The third-order valence-electron chi connectivity index (χ3n) is 1.95. The van der Waals surface area contributed by atoms with Crippen molar-refractivity contribution in [2.75, 3.05) is 0 Å². The van der Waals surface area contributed by atoms with E-state index in [9.17, 15) is 14.9 Å². The first-order valence-electron chi connectivity index (χ1n) is 4.97. The van der Waals surface area contributed by atoms with Crippen LogP contribution >= 0.6 is 0 Å². The van der Waals surface area contributed by atoms with Gasteiger partial charge in [-0.3, -0.25) is 14.9 Å². The Morgan fingerprint density at radius 2 is 2.00 bits per heavy atom. The minimum atomic E-state index is -0.501. The minimum Gasteiger partial charge on any atom is -0.350 e. The zero-order chi connectivity index (χ0) is 12.3. The number of carbonyl (C=O) groups is 1. The molecule has 86 valence electrons. The summed E-state index contributed by atoms with van der Waals surface area (Å²) in [6.45, 7) is 5.39. The van der Waals surface area contributed by atoms with Crippen LogP contribution in [0.3, 0.4) is 0 Å². The summed E-state index contributed by atoms with van der Waals surface area (Å²) in [6, 6.07) is 4.36. The van der Waals surface area contributed by atoms with Gasteiger partial charge in [0.05, 0.1) is 4.92 Å². The maximum Gasteiger partial charge on any atom is 0.270 e. The van der Waals surface area contributed by atoms with Gasteiger partial charge in [0.2, 0.25) is 0 Å². The van der Waals surface area contributed by atoms with Gasteiger partial charge in [-0.1, -0.05) is 0 Å². The molecule has 0 aliphatic carbocycles. The van der Waals surface area contributed by atoms with Crippen LogP contribution in [-0.4, -0.2) is 16.9 Å². The second-order valence-electron chi connectivity index (χ2n) is 3.94. The molecule has 0 aromatic heterocycles. The first-order valence-corrected chi connectivity index (χ1v) is 4.97. The monoisotopic (exact) mass is 222 g/mol. The molecule has 0 aliphatic rings. The number of hydrogen-bond donors (Lipinski definition) is 1.